The molecule has 0 radical (unpaired) electrons. The Morgan fingerprint density at radius 2 is 1.93 bits per heavy atom. The molecule has 0 heterocycles. The number of hydrogen-bond donors (Lipinski definition) is 0. The predicted molar refractivity (Wildman–Crippen MR) is 60.8 cm³/mol. The van der Waals surface area contributed by atoms with Gasteiger partial charge in [0.1, 0.15) is 0 Å². The Morgan fingerprint density at radius 3 is 2.53 bits per heavy atom. The number of ether oxygens (including phenoxy) is 1. The van der Waals surface area contributed by atoms with Gasteiger partial charge in [-0.3, -0.25) is 4.79 Å². The van der Waals surface area contributed by atoms with E-state index in [1.165, 1.54) is 11.1 Å². The Labute approximate surface area is 91.3 Å². The Hall–Kier alpha value is -1.31. The van der Waals surface area contributed by atoms with E-state index in [-0.39, 0.29) is 5.97 Å². The zero-order valence-corrected chi connectivity index (χ0v) is 9.45. The van der Waals surface area contributed by atoms with Crippen molar-refractivity contribution in [2.45, 2.75) is 33.1 Å². The number of esters is 1. The minimum absolute atomic E-state index is 0.0996. The van der Waals surface area contributed by atoms with E-state index in [4.69, 9.17) is 4.74 Å². The van der Waals surface area contributed by atoms with Crippen LogP contribution in [0.4, 0.5) is 0 Å². The molecule has 0 aliphatic rings. The highest BCUT2D eigenvalue weighted by Crippen LogP contribution is 2.06. The van der Waals surface area contributed by atoms with Crippen molar-refractivity contribution in [2.24, 2.45) is 0 Å². The second-order valence-corrected chi connectivity index (χ2v) is 3.71. The third-order valence-corrected chi connectivity index (χ3v) is 2.21. The van der Waals surface area contributed by atoms with Gasteiger partial charge in [0.15, 0.2) is 0 Å². The van der Waals surface area contributed by atoms with Crippen molar-refractivity contribution in [3.05, 3.63) is 35.4 Å². The van der Waals surface area contributed by atoms with Gasteiger partial charge in [-0.15, -0.1) is 0 Å². The lowest BCUT2D eigenvalue weighted by molar-refractivity contribution is -0.143. The van der Waals surface area contributed by atoms with E-state index in [0.717, 1.165) is 12.8 Å². The molecule has 2 nitrogen and oxygen atoms in total. The summed E-state index contributed by atoms with van der Waals surface area (Å²) >= 11 is 0. The van der Waals surface area contributed by atoms with Gasteiger partial charge in [-0.2, -0.15) is 0 Å². The Kier molecular flexibility index (Phi) is 4.88. The fourth-order valence-electron chi connectivity index (χ4n) is 1.29. The minimum Gasteiger partial charge on any atom is -0.466 e. The lowest BCUT2D eigenvalue weighted by Crippen LogP contribution is -2.06. The van der Waals surface area contributed by atoms with Gasteiger partial charge in [0, 0.05) is 6.42 Å². The van der Waals surface area contributed by atoms with Crippen molar-refractivity contribution in [1.82, 2.24) is 0 Å². The van der Waals surface area contributed by atoms with Crippen molar-refractivity contribution in [3.63, 3.8) is 0 Å². The average Bonchev–Trinajstić information content (AvgIpc) is 2.25. The molecule has 1 rings (SSSR count). The molecular formula is C13H18O2. The lowest BCUT2D eigenvalue weighted by Gasteiger charge is -2.03. The fourth-order valence-corrected chi connectivity index (χ4v) is 1.29. The zero-order chi connectivity index (χ0) is 11.1. The molecule has 2 heteroatoms. The van der Waals surface area contributed by atoms with E-state index in [1.54, 1.807) is 0 Å². The molecule has 0 aromatic heterocycles. The SMILES string of the molecule is CCCOC(=O)CCc1ccc(C)cc1. The van der Waals surface area contributed by atoms with Crippen LogP contribution in [0.2, 0.25) is 0 Å². The van der Waals surface area contributed by atoms with Gasteiger partial charge in [0.25, 0.3) is 0 Å². The monoisotopic (exact) mass is 206 g/mol. The Bertz CT molecular complexity index is 301. The van der Waals surface area contributed by atoms with Gasteiger partial charge in [-0.05, 0) is 25.3 Å². The van der Waals surface area contributed by atoms with Crippen LogP contribution in [-0.4, -0.2) is 12.6 Å². The molecule has 0 saturated heterocycles. The molecule has 0 aliphatic heterocycles. The first-order valence-corrected chi connectivity index (χ1v) is 5.43. The van der Waals surface area contributed by atoms with Crippen molar-refractivity contribution in [2.75, 3.05) is 6.61 Å². The molecule has 15 heavy (non-hydrogen) atoms. The van der Waals surface area contributed by atoms with Crippen molar-refractivity contribution in [1.29, 1.82) is 0 Å². The Balaban J connectivity index is 2.30. The third-order valence-electron chi connectivity index (χ3n) is 2.21. The van der Waals surface area contributed by atoms with E-state index >= 15 is 0 Å². The minimum atomic E-state index is -0.0996. The van der Waals surface area contributed by atoms with Crippen molar-refractivity contribution < 1.29 is 9.53 Å². The summed E-state index contributed by atoms with van der Waals surface area (Å²) in [6.45, 7) is 4.58. The Morgan fingerprint density at radius 1 is 1.27 bits per heavy atom. The molecule has 82 valence electrons. The second-order valence-electron chi connectivity index (χ2n) is 3.71. The highest BCUT2D eigenvalue weighted by atomic mass is 16.5. The molecule has 0 aliphatic carbocycles. The molecule has 1 aromatic rings. The number of aryl methyl sites for hydroxylation is 2. The summed E-state index contributed by atoms with van der Waals surface area (Å²) in [5, 5.41) is 0. The maximum atomic E-state index is 11.2. The summed E-state index contributed by atoms with van der Waals surface area (Å²) in [4.78, 5) is 11.2. The lowest BCUT2D eigenvalue weighted by atomic mass is 10.1. The average molecular weight is 206 g/mol. The molecule has 1 aromatic carbocycles. The highest BCUT2D eigenvalue weighted by Gasteiger charge is 2.02. The first-order valence-electron chi connectivity index (χ1n) is 5.43. The van der Waals surface area contributed by atoms with Gasteiger partial charge in [-0.25, -0.2) is 0 Å². The molecule has 0 N–H and O–H groups in total. The summed E-state index contributed by atoms with van der Waals surface area (Å²) in [7, 11) is 0. The molecule has 0 spiro atoms. The van der Waals surface area contributed by atoms with Crippen LogP contribution in [0.3, 0.4) is 0 Å². The third kappa shape index (κ3) is 4.63. The van der Waals surface area contributed by atoms with Gasteiger partial charge in [0.2, 0.25) is 0 Å². The van der Waals surface area contributed by atoms with Crippen LogP contribution in [0.15, 0.2) is 24.3 Å². The molecule has 0 atom stereocenters. The van der Waals surface area contributed by atoms with Gasteiger partial charge in [0.05, 0.1) is 6.61 Å². The summed E-state index contributed by atoms with van der Waals surface area (Å²) in [6.07, 6.45) is 2.13. The molecule has 0 amide bonds. The standard InChI is InChI=1S/C13H18O2/c1-3-10-15-13(14)9-8-12-6-4-11(2)5-7-12/h4-7H,3,8-10H2,1-2H3. The van der Waals surface area contributed by atoms with Crippen LogP contribution >= 0.6 is 0 Å². The molecular weight excluding hydrogens is 188 g/mol. The quantitative estimate of drug-likeness (QED) is 0.692. The summed E-state index contributed by atoms with van der Waals surface area (Å²) in [6, 6.07) is 8.24. The van der Waals surface area contributed by atoms with Crippen LogP contribution < -0.4 is 0 Å². The van der Waals surface area contributed by atoms with Gasteiger partial charge >= 0.3 is 5.97 Å². The second kappa shape index (κ2) is 6.23. The number of carbonyl (C=O) groups is 1. The van der Waals surface area contributed by atoms with E-state index in [0.29, 0.717) is 13.0 Å². The smallest absolute Gasteiger partial charge is 0.306 e. The first kappa shape index (κ1) is 11.8. The van der Waals surface area contributed by atoms with Gasteiger partial charge in [-0.1, -0.05) is 36.8 Å². The highest BCUT2D eigenvalue weighted by molar-refractivity contribution is 5.69. The summed E-state index contributed by atoms with van der Waals surface area (Å²) < 4.78 is 5.00. The van der Waals surface area contributed by atoms with Crippen LogP contribution in [0.1, 0.15) is 30.9 Å². The van der Waals surface area contributed by atoms with Crippen molar-refractivity contribution >= 4 is 5.97 Å². The topological polar surface area (TPSA) is 26.3 Å². The zero-order valence-electron chi connectivity index (χ0n) is 9.45. The maximum absolute atomic E-state index is 11.2. The summed E-state index contributed by atoms with van der Waals surface area (Å²) in [5.74, 6) is -0.0996. The number of hydrogen-bond acceptors (Lipinski definition) is 2. The van der Waals surface area contributed by atoms with Gasteiger partial charge < -0.3 is 4.74 Å². The van der Waals surface area contributed by atoms with Crippen LogP contribution in [0.25, 0.3) is 0 Å². The molecule has 0 fully saturated rings. The molecule has 0 bridgehead atoms. The first-order chi connectivity index (χ1) is 7.22. The largest absolute Gasteiger partial charge is 0.466 e. The predicted octanol–water partition coefficient (Wildman–Crippen LogP) is 2.88. The van der Waals surface area contributed by atoms with E-state index in [9.17, 15) is 4.79 Å². The number of rotatable bonds is 5. The normalized spacial score (nSPS) is 10.0. The van der Waals surface area contributed by atoms with Crippen LogP contribution in [0, 0.1) is 6.92 Å². The maximum Gasteiger partial charge on any atom is 0.306 e. The molecule has 0 unspecified atom stereocenters. The fraction of sp³-hybridized carbons (Fsp3) is 0.462. The number of carbonyl (C=O) groups excluding carboxylic acids is 1. The van der Waals surface area contributed by atoms with E-state index in [2.05, 4.69) is 31.2 Å². The molecule has 0 saturated carbocycles. The van der Waals surface area contributed by atoms with E-state index < -0.39 is 0 Å². The van der Waals surface area contributed by atoms with Crippen LogP contribution in [-0.2, 0) is 16.0 Å². The van der Waals surface area contributed by atoms with Crippen LogP contribution in [0.5, 0.6) is 0 Å². The van der Waals surface area contributed by atoms with E-state index in [1.807, 2.05) is 6.92 Å². The van der Waals surface area contributed by atoms with Crippen molar-refractivity contribution in [3.8, 4) is 0 Å². The summed E-state index contributed by atoms with van der Waals surface area (Å²) in [5.41, 5.74) is 2.43. The number of benzene rings is 1.